The molecule has 0 aliphatic carbocycles. The molecule has 0 radical (unpaired) electrons. The molecule has 1 unspecified atom stereocenters. The fourth-order valence-corrected chi connectivity index (χ4v) is 0.604. The summed E-state index contributed by atoms with van der Waals surface area (Å²) in [7, 11) is -0.890. The van der Waals surface area contributed by atoms with Crippen LogP contribution in [0.3, 0.4) is 0 Å². The van der Waals surface area contributed by atoms with Crippen LogP contribution < -0.4 is 5.73 Å². The van der Waals surface area contributed by atoms with Gasteiger partial charge in [0.2, 0.25) is 0 Å². The second-order valence-electron chi connectivity index (χ2n) is 1.09. The third-order valence-corrected chi connectivity index (χ3v) is 1.28. The molecule has 0 aliphatic rings. The minimum absolute atomic E-state index is 0.297. The molecule has 1 atom stereocenters. The molecule has 0 fully saturated rings. The summed E-state index contributed by atoms with van der Waals surface area (Å²) >= 11 is 0. The molecule has 5 heteroatoms. The maximum atomic E-state index is 10.3. The zero-order valence-electron chi connectivity index (χ0n) is 4.72. The molecule has 0 aromatic rings. The lowest BCUT2D eigenvalue weighted by molar-refractivity contribution is 0.262. The third-order valence-electron chi connectivity index (χ3n) is 0.504. The maximum Gasteiger partial charge on any atom is 0.318 e. The monoisotopic (exact) mass is 139 g/mol. The average molecular weight is 139 g/mol. The molecule has 0 aromatic heterocycles. The molecule has 0 saturated heterocycles. The summed E-state index contributed by atoms with van der Waals surface area (Å²) < 4.78 is 19.1. The van der Waals surface area contributed by atoms with E-state index in [2.05, 4.69) is 9.05 Å². The molecule has 0 amide bonds. The van der Waals surface area contributed by atoms with E-state index in [9.17, 15) is 4.57 Å². The lowest BCUT2D eigenvalue weighted by Gasteiger charge is -1.96. The molecular formula is C3H10NO3P. The van der Waals surface area contributed by atoms with Crippen molar-refractivity contribution in [2.45, 2.75) is 0 Å². The van der Waals surface area contributed by atoms with E-state index in [0.29, 0.717) is 13.2 Å². The number of rotatable bonds is 4. The largest absolute Gasteiger partial charge is 0.328 e. The van der Waals surface area contributed by atoms with E-state index in [1.807, 2.05) is 0 Å². The van der Waals surface area contributed by atoms with E-state index >= 15 is 0 Å². The van der Waals surface area contributed by atoms with Crippen LogP contribution in [-0.4, -0.2) is 20.3 Å². The van der Waals surface area contributed by atoms with E-state index in [4.69, 9.17) is 5.73 Å². The Morgan fingerprint density at radius 3 is 2.75 bits per heavy atom. The summed E-state index contributed by atoms with van der Waals surface area (Å²) in [6.07, 6.45) is 0. The molecule has 2 N–H and O–H groups in total. The first-order chi connectivity index (χ1) is 3.81. The minimum Gasteiger partial charge on any atom is -0.328 e. The highest BCUT2D eigenvalue weighted by Gasteiger charge is 1.90. The van der Waals surface area contributed by atoms with E-state index in [1.165, 1.54) is 7.11 Å². The molecule has 0 bridgehead atoms. The van der Waals surface area contributed by atoms with Crippen molar-refractivity contribution in [3.8, 4) is 0 Å². The minimum atomic E-state index is -2.22. The Morgan fingerprint density at radius 1 is 1.75 bits per heavy atom. The van der Waals surface area contributed by atoms with Gasteiger partial charge in [0.25, 0.3) is 0 Å². The van der Waals surface area contributed by atoms with E-state index in [-0.39, 0.29) is 0 Å². The van der Waals surface area contributed by atoms with Crippen LogP contribution in [0, 0.1) is 0 Å². The van der Waals surface area contributed by atoms with Crippen molar-refractivity contribution >= 4 is 8.25 Å². The van der Waals surface area contributed by atoms with Gasteiger partial charge in [-0.1, -0.05) is 0 Å². The smallest absolute Gasteiger partial charge is 0.318 e. The van der Waals surface area contributed by atoms with Crippen LogP contribution in [0.5, 0.6) is 0 Å². The standard InChI is InChI=1S/C3H10NO3P/c1-6-8(5)7-3-2-4/h8H,2-4H2,1H3. The Hall–Kier alpha value is 0.110. The maximum absolute atomic E-state index is 10.3. The summed E-state index contributed by atoms with van der Waals surface area (Å²) in [6.45, 7) is 0.672. The average Bonchev–Trinajstić information content (AvgIpc) is 1.83. The van der Waals surface area contributed by atoms with Gasteiger partial charge in [-0.05, 0) is 0 Å². The second kappa shape index (κ2) is 5.25. The fourth-order valence-electron chi connectivity index (χ4n) is 0.201. The predicted octanol–water partition coefficient (Wildman–Crippen LogP) is -0.00220. The van der Waals surface area contributed by atoms with Crippen LogP contribution in [-0.2, 0) is 13.6 Å². The highest BCUT2D eigenvalue weighted by atomic mass is 31.1. The van der Waals surface area contributed by atoms with E-state index in [0.717, 1.165) is 0 Å². The molecule has 0 saturated carbocycles. The van der Waals surface area contributed by atoms with Crippen molar-refractivity contribution in [1.82, 2.24) is 0 Å². The first-order valence-corrected chi connectivity index (χ1v) is 3.44. The van der Waals surface area contributed by atoms with Gasteiger partial charge in [0, 0.05) is 13.7 Å². The van der Waals surface area contributed by atoms with Gasteiger partial charge >= 0.3 is 8.25 Å². The highest BCUT2D eigenvalue weighted by molar-refractivity contribution is 7.33. The molecule has 0 rings (SSSR count). The van der Waals surface area contributed by atoms with Crippen molar-refractivity contribution in [2.75, 3.05) is 20.3 Å². The molecule has 0 spiro atoms. The van der Waals surface area contributed by atoms with Crippen LogP contribution in [0.2, 0.25) is 0 Å². The molecule has 4 nitrogen and oxygen atoms in total. The van der Waals surface area contributed by atoms with Gasteiger partial charge in [0.05, 0.1) is 6.61 Å². The van der Waals surface area contributed by atoms with Gasteiger partial charge in [0.15, 0.2) is 0 Å². The third kappa shape index (κ3) is 4.27. The molecular weight excluding hydrogens is 129 g/mol. The Kier molecular flexibility index (Phi) is 5.32. The van der Waals surface area contributed by atoms with Crippen LogP contribution in [0.25, 0.3) is 0 Å². The zero-order valence-corrected chi connectivity index (χ0v) is 5.72. The molecule has 8 heavy (non-hydrogen) atoms. The van der Waals surface area contributed by atoms with Crippen LogP contribution in [0.15, 0.2) is 0 Å². The van der Waals surface area contributed by atoms with Crippen molar-refractivity contribution in [1.29, 1.82) is 0 Å². The van der Waals surface area contributed by atoms with Crippen LogP contribution in [0.1, 0.15) is 0 Å². The molecule has 0 aliphatic heterocycles. The van der Waals surface area contributed by atoms with Crippen molar-refractivity contribution in [2.24, 2.45) is 5.73 Å². The Balaban J connectivity index is 2.99. The van der Waals surface area contributed by atoms with Gasteiger partial charge in [0.1, 0.15) is 0 Å². The SMILES string of the molecule is CO[PH](=O)OCCN. The topological polar surface area (TPSA) is 61.5 Å². The van der Waals surface area contributed by atoms with Crippen LogP contribution >= 0.6 is 8.25 Å². The summed E-state index contributed by atoms with van der Waals surface area (Å²) in [4.78, 5) is 0. The van der Waals surface area contributed by atoms with Crippen molar-refractivity contribution < 1.29 is 13.6 Å². The van der Waals surface area contributed by atoms with E-state index in [1.54, 1.807) is 0 Å². The fraction of sp³-hybridized carbons (Fsp3) is 1.00. The first-order valence-electron chi connectivity index (χ1n) is 2.22. The summed E-state index contributed by atoms with van der Waals surface area (Å²) in [5.74, 6) is 0. The van der Waals surface area contributed by atoms with Gasteiger partial charge in [-0.25, -0.2) is 0 Å². The Morgan fingerprint density at radius 2 is 2.38 bits per heavy atom. The lowest BCUT2D eigenvalue weighted by atomic mass is 10.8. The molecule has 0 aromatic carbocycles. The van der Waals surface area contributed by atoms with Crippen molar-refractivity contribution in [3.05, 3.63) is 0 Å². The Labute approximate surface area is 48.9 Å². The quantitative estimate of drug-likeness (QED) is 0.557. The normalized spacial score (nSPS) is 13.8. The van der Waals surface area contributed by atoms with Crippen LogP contribution in [0.4, 0.5) is 0 Å². The Bertz CT molecular complexity index is 76.9. The molecule has 0 heterocycles. The number of hydrogen-bond acceptors (Lipinski definition) is 4. The number of hydrogen-bond donors (Lipinski definition) is 1. The summed E-state index contributed by atoms with van der Waals surface area (Å²) in [6, 6.07) is 0. The predicted molar refractivity (Wildman–Crippen MR) is 31.0 cm³/mol. The molecule has 50 valence electrons. The number of nitrogens with two attached hydrogens (primary N) is 1. The van der Waals surface area contributed by atoms with Gasteiger partial charge in [-0.3, -0.25) is 4.57 Å². The summed E-state index contributed by atoms with van der Waals surface area (Å²) in [5.41, 5.74) is 5.03. The van der Waals surface area contributed by atoms with Crippen molar-refractivity contribution in [3.63, 3.8) is 0 Å². The summed E-state index contributed by atoms with van der Waals surface area (Å²) in [5, 5.41) is 0. The van der Waals surface area contributed by atoms with E-state index < -0.39 is 8.25 Å². The zero-order chi connectivity index (χ0) is 6.41. The lowest BCUT2D eigenvalue weighted by Crippen LogP contribution is -2.04. The van der Waals surface area contributed by atoms with Gasteiger partial charge in [-0.2, -0.15) is 0 Å². The second-order valence-corrected chi connectivity index (χ2v) is 2.29. The highest BCUT2D eigenvalue weighted by Crippen LogP contribution is 2.20. The van der Waals surface area contributed by atoms with Gasteiger partial charge in [-0.15, -0.1) is 0 Å². The first kappa shape index (κ1) is 8.11. The van der Waals surface area contributed by atoms with Gasteiger partial charge < -0.3 is 14.8 Å².